The van der Waals surface area contributed by atoms with E-state index in [2.05, 4.69) is 4.84 Å². The number of hydrogen-bond donors (Lipinski definition) is 1. The second kappa shape index (κ2) is 4.43. The number of nitrogens with two attached hydrogens (primary N) is 1. The van der Waals surface area contributed by atoms with Gasteiger partial charge >= 0.3 is 0 Å². The van der Waals surface area contributed by atoms with E-state index in [1.165, 1.54) is 13.0 Å². The van der Waals surface area contributed by atoms with Crippen LogP contribution in [0.1, 0.15) is 24.2 Å². The second-order valence-corrected chi connectivity index (χ2v) is 2.90. The third-order valence-electron chi connectivity index (χ3n) is 1.82. The molecule has 0 aliphatic carbocycles. The van der Waals surface area contributed by atoms with E-state index in [-0.39, 0.29) is 17.7 Å². The Labute approximate surface area is 79.4 Å². The van der Waals surface area contributed by atoms with Gasteiger partial charge in [0.2, 0.25) is 0 Å². The molecule has 1 unspecified atom stereocenters. The average Bonchev–Trinajstić information content (AvgIpc) is 2.12. The summed E-state index contributed by atoms with van der Waals surface area (Å²) >= 11 is 0. The Hall–Kier alpha value is -1.07. The molecule has 0 saturated heterocycles. The van der Waals surface area contributed by atoms with Crippen molar-refractivity contribution < 1.29 is 18.0 Å². The zero-order valence-electron chi connectivity index (χ0n) is 7.56. The number of hydrogen-bond acceptors (Lipinski definition) is 2. The fourth-order valence-corrected chi connectivity index (χ4v) is 1.09. The molecule has 2 nitrogen and oxygen atoms in total. The summed E-state index contributed by atoms with van der Waals surface area (Å²) < 4.78 is 38.7. The maximum absolute atomic E-state index is 13.0. The molecule has 0 amide bonds. The van der Waals surface area contributed by atoms with E-state index in [1.807, 2.05) is 0 Å². The topological polar surface area (TPSA) is 35.2 Å². The minimum Gasteiger partial charge on any atom is -0.300 e. The van der Waals surface area contributed by atoms with Crippen LogP contribution in [0, 0.1) is 11.6 Å². The van der Waals surface area contributed by atoms with Crippen LogP contribution in [0.2, 0.25) is 0 Å². The predicted molar refractivity (Wildman–Crippen MR) is 44.9 cm³/mol. The number of benzene rings is 1. The monoisotopic (exact) mass is 205 g/mol. The molecule has 0 aliphatic rings. The van der Waals surface area contributed by atoms with Crippen LogP contribution in [-0.2, 0) is 11.4 Å². The van der Waals surface area contributed by atoms with E-state index < -0.39 is 17.8 Å². The Morgan fingerprint density at radius 1 is 1.43 bits per heavy atom. The third-order valence-corrected chi connectivity index (χ3v) is 1.82. The zero-order valence-corrected chi connectivity index (χ0v) is 7.56. The van der Waals surface area contributed by atoms with Crippen molar-refractivity contribution in [1.29, 1.82) is 0 Å². The lowest BCUT2D eigenvalue weighted by Gasteiger charge is -2.07. The van der Waals surface area contributed by atoms with Crippen LogP contribution >= 0.6 is 0 Å². The zero-order chi connectivity index (χ0) is 10.7. The molecule has 78 valence electrons. The Morgan fingerprint density at radius 2 is 2.07 bits per heavy atom. The van der Waals surface area contributed by atoms with Crippen molar-refractivity contribution in [3.63, 3.8) is 0 Å². The third kappa shape index (κ3) is 2.24. The summed E-state index contributed by atoms with van der Waals surface area (Å²) in [5.41, 5.74) is -0.0250. The van der Waals surface area contributed by atoms with Gasteiger partial charge < -0.3 is 0 Å². The minimum atomic E-state index is -1.36. The van der Waals surface area contributed by atoms with Gasteiger partial charge in [0.1, 0.15) is 6.17 Å². The van der Waals surface area contributed by atoms with Gasteiger partial charge in [0.15, 0.2) is 11.6 Å². The lowest BCUT2D eigenvalue weighted by molar-refractivity contribution is 0.121. The highest BCUT2D eigenvalue weighted by Crippen LogP contribution is 2.22. The summed E-state index contributed by atoms with van der Waals surface area (Å²) in [5, 5.41) is 0. The van der Waals surface area contributed by atoms with E-state index in [0.29, 0.717) is 0 Å². The molecule has 0 radical (unpaired) electrons. The Bertz CT molecular complexity index is 328. The summed E-state index contributed by atoms with van der Waals surface area (Å²) in [6.07, 6.45) is -1.36. The van der Waals surface area contributed by atoms with Crippen molar-refractivity contribution in [2.24, 2.45) is 5.90 Å². The molecule has 1 rings (SSSR count). The van der Waals surface area contributed by atoms with Gasteiger partial charge in [0, 0.05) is 5.56 Å². The standard InChI is InChI=1S/C9H10F3NO/c1-5(10)6-2-7(4-14-13)9(12)8(11)3-6/h2-3,5H,4,13H2,1H3. The highest BCUT2D eigenvalue weighted by molar-refractivity contribution is 5.27. The fourth-order valence-electron chi connectivity index (χ4n) is 1.09. The van der Waals surface area contributed by atoms with Gasteiger partial charge in [-0.2, -0.15) is 0 Å². The van der Waals surface area contributed by atoms with Crippen molar-refractivity contribution in [3.05, 3.63) is 34.9 Å². The van der Waals surface area contributed by atoms with Crippen molar-refractivity contribution in [3.8, 4) is 0 Å². The Kier molecular flexibility index (Phi) is 3.49. The van der Waals surface area contributed by atoms with Crippen molar-refractivity contribution in [2.75, 3.05) is 0 Å². The molecule has 0 aliphatic heterocycles. The van der Waals surface area contributed by atoms with Gasteiger partial charge in [-0.25, -0.2) is 19.1 Å². The summed E-state index contributed by atoms with van der Waals surface area (Å²) in [6, 6.07) is 2.01. The van der Waals surface area contributed by atoms with Crippen molar-refractivity contribution in [1.82, 2.24) is 0 Å². The van der Waals surface area contributed by atoms with E-state index >= 15 is 0 Å². The average molecular weight is 205 g/mol. The van der Waals surface area contributed by atoms with Gasteiger partial charge in [-0.3, -0.25) is 4.84 Å². The summed E-state index contributed by atoms with van der Waals surface area (Å²) in [7, 11) is 0. The Morgan fingerprint density at radius 3 is 2.57 bits per heavy atom. The molecular weight excluding hydrogens is 195 g/mol. The molecule has 0 bridgehead atoms. The number of alkyl halides is 1. The molecule has 0 aromatic heterocycles. The molecule has 0 fully saturated rings. The first-order chi connectivity index (χ1) is 6.56. The Balaban J connectivity index is 3.14. The highest BCUT2D eigenvalue weighted by atomic mass is 19.2. The first kappa shape index (κ1) is 11.0. The highest BCUT2D eigenvalue weighted by Gasteiger charge is 2.13. The molecule has 14 heavy (non-hydrogen) atoms. The molecule has 1 atom stereocenters. The van der Waals surface area contributed by atoms with Crippen LogP contribution in [0.15, 0.2) is 12.1 Å². The van der Waals surface area contributed by atoms with Crippen molar-refractivity contribution >= 4 is 0 Å². The molecule has 2 N–H and O–H groups in total. The minimum absolute atomic E-state index is 0.0657. The summed E-state index contributed by atoms with van der Waals surface area (Å²) in [4.78, 5) is 4.17. The number of halogens is 3. The molecule has 1 aromatic carbocycles. The molecule has 1 aromatic rings. The van der Waals surface area contributed by atoms with Gasteiger partial charge in [-0.15, -0.1) is 0 Å². The summed E-state index contributed by atoms with van der Waals surface area (Å²) in [5.74, 6) is 2.57. The van der Waals surface area contributed by atoms with Crippen LogP contribution in [-0.4, -0.2) is 0 Å². The quantitative estimate of drug-likeness (QED) is 0.769. The van der Waals surface area contributed by atoms with Crippen LogP contribution < -0.4 is 5.90 Å². The lowest BCUT2D eigenvalue weighted by atomic mass is 10.1. The van der Waals surface area contributed by atoms with Gasteiger partial charge in [-0.1, -0.05) is 0 Å². The maximum atomic E-state index is 13.0. The van der Waals surface area contributed by atoms with Crippen LogP contribution in [0.4, 0.5) is 13.2 Å². The van der Waals surface area contributed by atoms with Crippen LogP contribution in [0.25, 0.3) is 0 Å². The largest absolute Gasteiger partial charge is 0.300 e. The molecule has 0 saturated carbocycles. The maximum Gasteiger partial charge on any atom is 0.164 e. The van der Waals surface area contributed by atoms with E-state index in [9.17, 15) is 13.2 Å². The SMILES string of the molecule is CC(F)c1cc(F)c(F)c(CON)c1. The second-order valence-electron chi connectivity index (χ2n) is 2.90. The van der Waals surface area contributed by atoms with E-state index in [4.69, 9.17) is 5.90 Å². The van der Waals surface area contributed by atoms with Crippen molar-refractivity contribution in [2.45, 2.75) is 19.7 Å². The lowest BCUT2D eigenvalue weighted by Crippen LogP contribution is -2.04. The molecule has 0 heterocycles. The van der Waals surface area contributed by atoms with Gasteiger partial charge in [-0.05, 0) is 24.6 Å². The molecule has 0 spiro atoms. The van der Waals surface area contributed by atoms with Crippen LogP contribution in [0.5, 0.6) is 0 Å². The fraction of sp³-hybridized carbons (Fsp3) is 0.333. The predicted octanol–water partition coefficient (Wildman–Crippen LogP) is 2.39. The van der Waals surface area contributed by atoms with E-state index in [1.54, 1.807) is 0 Å². The van der Waals surface area contributed by atoms with Gasteiger partial charge in [0.25, 0.3) is 0 Å². The van der Waals surface area contributed by atoms with Gasteiger partial charge in [0.05, 0.1) is 6.61 Å². The van der Waals surface area contributed by atoms with Crippen LogP contribution in [0.3, 0.4) is 0 Å². The smallest absolute Gasteiger partial charge is 0.164 e. The normalized spacial score (nSPS) is 12.9. The summed E-state index contributed by atoms with van der Waals surface area (Å²) in [6.45, 7) is 0.947. The number of rotatable bonds is 3. The molecule has 5 heteroatoms. The van der Waals surface area contributed by atoms with E-state index in [0.717, 1.165) is 6.07 Å². The molecular formula is C9H10F3NO. The first-order valence-corrected chi connectivity index (χ1v) is 3.99. The first-order valence-electron chi connectivity index (χ1n) is 3.99.